The van der Waals surface area contributed by atoms with Crippen LogP contribution in [0.25, 0.3) is 0 Å². The van der Waals surface area contributed by atoms with Crippen LogP contribution in [0.4, 0.5) is 0 Å². The number of fused-ring (bicyclic) bond motifs is 2. The number of aliphatic carboxylic acids is 1. The van der Waals surface area contributed by atoms with Crippen LogP contribution in [0.3, 0.4) is 0 Å². The summed E-state index contributed by atoms with van der Waals surface area (Å²) in [7, 11) is 0. The molecule has 5 fully saturated rings. The van der Waals surface area contributed by atoms with E-state index < -0.39 is 54.3 Å². The molecular weight excluding hydrogens is 785 g/mol. The number of carboxylic acids is 1. The third-order valence-corrected chi connectivity index (χ3v) is 15.8. The first-order valence-corrected chi connectivity index (χ1v) is 24.7. The van der Waals surface area contributed by atoms with Crippen LogP contribution in [-0.4, -0.2) is 96.6 Å². The van der Waals surface area contributed by atoms with Gasteiger partial charge in [-0.2, -0.15) is 0 Å². The molecule has 62 heavy (non-hydrogen) atoms. The molecule has 0 radical (unpaired) electrons. The number of carbonyl (C=O) groups is 5. The molecule has 5 saturated carbocycles. The van der Waals surface area contributed by atoms with Gasteiger partial charge in [0.15, 0.2) is 6.04 Å². The number of carboxylic acid groups (broad SMARTS) is 1. The van der Waals surface area contributed by atoms with Crippen LogP contribution >= 0.6 is 0 Å². The van der Waals surface area contributed by atoms with Crippen molar-refractivity contribution in [2.45, 2.75) is 191 Å². The van der Waals surface area contributed by atoms with E-state index in [0.29, 0.717) is 18.3 Å². The third kappa shape index (κ3) is 12.9. The summed E-state index contributed by atoms with van der Waals surface area (Å²) < 4.78 is 6.02. The molecule has 2 heterocycles. The summed E-state index contributed by atoms with van der Waals surface area (Å²) in [5.74, 6) is 5.80. The first-order valence-electron chi connectivity index (χ1n) is 24.7. The Morgan fingerprint density at radius 1 is 0.661 bits per heavy atom. The molecule has 7 rings (SSSR count). The predicted octanol–water partition coefficient (Wildman–Crippen LogP) is 5.93. The molecular formula is C49H74N6O7. The lowest BCUT2D eigenvalue weighted by atomic mass is 9.70. The number of nitrogens with one attached hydrogen (secondary N) is 4. The maximum absolute atomic E-state index is 14.6. The molecule has 0 aromatic rings. The Hall–Kier alpha value is -3.79. The summed E-state index contributed by atoms with van der Waals surface area (Å²) in [5.41, 5.74) is 0. The summed E-state index contributed by atoms with van der Waals surface area (Å²) in [6.07, 6.45) is 27.5. The van der Waals surface area contributed by atoms with Crippen molar-refractivity contribution in [2.24, 2.45) is 57.3 Å². The van der Waals surface area contributed by atoms with Gasteiger partial charge in [-0.25, -0.2) is 0 Å². The minimum Gasteiger partial charge on any atom is -0.480 e. The normalized spacial score (nSPS) is 33.4. The Morgan fingerprint density at radius 2 is 1.27 bits per heavy atom. The van der Waals surface area contributed by atoms with Crippen molar-refractivity contribution in [3.63, 3.8) is 0 Å². The van der Waals surface area contributed by atoms with Gasteiger partial charge in [0.05, 0.1) is 24.1 Å². The van der Waals surface area contributed by atoms with Crippen LogP contribution in [0.1, 0.15) is 155 Å². The van der Waals surface area contributed by atoms with Gasteiger partial charge in [-0.15, -0.1) is 0 Å². The van der Waals surface area contributed by atoms with Crippen molar-refractivity contribution in [2.75, 3.05) is 13.2 Å². The Morgan fingerprint density at radius 3 is 2.00 bits per heavy atom. The standard InChI is InChI=1S/C49H74N6O7/c1-31-15-22-37(23-16-31)62-30-45(56)53-42(24-21-35-27-50-40-13-7-5-11-38(35)40)48(60)54-43(25-32-17-19-34(20-18-32)33-9-3-2-4-10-33)49(61)55-44(47(59)52-29-46(57)58)26-36-28-51-41-14-8-6-12-39(36)41/h27-28,31-44H,2-20,22-23,25-26,29-30H2,1H3,(H,52,59)(H,53,56)(H,54,60)(H,55,61)(H,57,58). The van der Waals surface area contributed by atoms with Crippen molar-refractivity contribution < 1.29 is 33.8 Å². The smallest absolute Gasteiger partial charge is 0.322 e. The monoisotopic (exact) mass is 859 g/mol. The van der Waals surface area contributed by atoms with Crippen LogP contribution in [0.2, 0.25) is 0 Å². The number of carbonyl (C=O) groups excluding carboxylic acids is 4. The second-order valence-corrected chi connectivity index (χ2v) is 20.2. The lowest BCUT2D eigenvalue weighted by Gasteiger charge is -2.37. The van der Waals surface area contributed by atoms with Crippen molar-refractivity contribution in [1.29, 1.82) is 0 Å². The molecule has 0 aromatic heterocycles. The highest BCUT2D eigenvalue weighted by Crippen LogP contribution is 2.42. The SMILES string of the molecule is CC1CCC(OCC(=O)NC(C#CC2C=NC3CCCCC23)C(=O)NC(CC2CCC(C3CCCCC3)CC2)C(=O)NC(CC2C=NC3CCCCC23)C(=O)NCC(=O)O)CC1. The fraction of sp³-hybridized carbons (Fsp3) is 0.816. The molecule has 5 aliphatic carbocycles. The zero-order chi connectivity index (χ0) is 43.4. The van der Waals surface area contributed by atoms with Crippen molar-refractivity contribution in [3.8, 4) is 11.8 Å². The minimum absolute atomic E-state index is 0.00493. The van der Waals surface area contributed by atoms with Gasteiger partial charge in [0.1, 0.15) is 25.2 Å². The highest BCUT2D eigenvalue weighted by Gasteiger charge is 2.40. The second kappa shape index (κ2) is 22.7. The maximum Gasteiger partial charge on any atom is 0.322 e. The number of hydrogen-bond acceptors (Lipinski definition) is 8. The van der Waals surface area contributed by atoms with E-state index in [-0.39, 0.29) is 60.8 Å². The van der Waals surface area contributed by atoms with E-state index >= 15 is 0 Å². The number of amides is 4. The Bertz CT molecular complexity index is 1670. The van der Waals surface area contributed by atoms with Crippen LogP contribution in [-0.2, 0) is 28.7 Å². The fourth-order valence-corrected chi connectivity index (χ4v) is 12.1. The summed E-state index contributed by atoms with van der Waals surface area (Å²) in [6.45, 7) is 1.47. The number of ether oxygens (including phenoxy) is 1. The molecule has 0 spiro atoms. The molecule has 342 valence electrons. The lowest BCUT2D eigenvalue weighted by Crippen LogP contribution is -2.57. The highest BCUT2D eigenvalue weighted by atomic mass is 16.5. The summed E-state index contributed by atoms with van der Waals surface area (Å²) in [4.78, 5) is 77.3. The fourth-order valence-electron chi connectivity index (χ4n) is 12.1. The van der Waals surface area contributed by atoms with Gasteiger partial charge in [0.2, 0.25) is 17.7 Å². The number of hydrogen-bond donors (Lipinski definition) is 5. The number of nitrogens with zero attached hydrogens (tertiary/aromatic N) is 2. The molecule has 0 aromatic carbocycles. The minimum atomic E-state index is -1.24. The molecule has 5 N–H and O–H groups in total. The molecule has 0 bridgehead atoms. The first-order chi connectivity index (χ1) is 30.1. The Kier molecular flexibility index (Phi) is 16.9. The molecule has 7 aliphatic rings. The lowest BCUT2D eigenvalue weighted by molar-refractivity contribution is -0.138. The van der Waals surface area contributed by atoms with E-state index in [9.17, 15) is 29.1 Å². The topological polar surface area (TPSA) is 188 Å². The van der Waals surface area contributed by atoms with Crippen molar-refractivity contribution >= 4 is 42.0 Å². The predicted molar refractivity (Wildman–Crippen MR) is 238 cm³/mol. The van der Waals surface area contributed by atoms with Gasteiger partial charge >= 0.3 is 5.97 Å². The molecule has 2 aliphatic heterocycles. The van der Waals surface area contributed by atoms with E-state index in [1.54, 1.807) is 0 Å². The van der Waals surface area contributed by atoms with Crippen LogP contribution in [0.5, 0.6) is 0 Å². The van der Waals surface area contributed by atoms with Crippen LogP contribution in [0, 0.1) is 59.2 Å². The van der Waals surface area contributed by atoms with E-state index in [1.165, 1.54) is 32.1 Å². The van der Waals surface area contributed by atoms with Crippen LogP contribution in [0.15, 0.2) is 9.98 Å². The summed E-state index contributed by atoms with van der Waals surface area (Å²) in [5, 5.41) is 20.8. The summed E-state index contributed by atoms with van der Waals surface area (Å²) in [6, 6.07) is -2.84. The molecule has 0 saturated heterocycles. The van der Waals surface area contributed by atoms with E-state index in [4.69, 9.17) is 14.7 Å². The quantitative estimate of drug-likeness (QED) is 0.119. The third-order valence-electron chi connectivity index (χ3n) is 15.8. The first kappa shape index (κ1) is 46.2. The average molecular weight is 859 g/mol. The maximum atomic E-state index is 14.6. The molecule has 9 unspecified atom stereocenters. The van der Waals surface area contributed by atoms with E-state index in [1.807, 2.05) is 12.4 Å². The zero-order valence-corrected chi connectivity index (χ0v) is 37.2. The van der Waals surface area contributed by atoms with E-state index in [0.717, 1.165) is 109 Å². The van der Waals surface area contributed by atoms with Crippen LogP contribution < -0.4 is 21.3 Å². The number of rotatable bonds is 16. The van der Waals surface area contributed by atoms with Gasteiger partial charge in [0, 0.05) is 18.3 Å². The largest absolute Gasteiger partial charge is 0.480 e. The van der Waals surface area contributed by atoms with Gasteiger partial charge in [-0.1, -0.05) is 89.4 Å². The van der Waals surface area contributed by atoms with Gasteiger partial charge in [-0.05, 0) is 113 Å². The van der Waals surface area contributed by atoms with Gasteiger partial charge in [-0.3, -0.25) is 34.0 Å². The highest BCUT2D eigenvalue weighted by molar-refractivity contribution is 5.96. The second-order valence-electron chi connectivity index (χ2n) is 20.2. The van der Waals surface area contributed by atoms with Crippen molar-refractivity contribution in [3.05, 3.63) is 0 Å². The Labute approximate surface area is 369 Å². The molecule has 9 atom stereocenters. The van der Waals surface area contributed by atoms with Gasteiger partial charge in [0.25, 0.3) is 5.91 Å². The Balaban J connectivity index is 1.08. The molecule has 13 nitrogen and oxygen atoms in total. The summed E-state index contributed by atoms with van der Waals surface area (Å²) >= 11 is 0. The van der Waals surface area contributed by atoms with Gasteiger partial charge < -0.3 is 31.1 Å². The average Bonchev–Trinajstić information content (AvgIpc) is 3.90. The molecule has 13 heteroatoms. The number of aliphatic imine (C=N–C) groups is 2. The van der Waals surface area contributed by atoms with Crippen molar-refractivity contribution in [1.82, 2.24) is 21.3 Å². The van der Waals surface area contributed by atoms with E-state index in [2.05, 4.69) is 40.0 Å². The zero-order valence-electron chi connectivity index (χ0n) is 37.2. The molecule has 4 amide bonds.